The lowest BCUT2D eigenvalue weighted by Gasteiger charge is -2.27. The molecular formula is C15H13BrN2O3. The largest absolute Gasteiger partial charge is 0.508 e. The van der Waals surface area contributed by atoms with E-state index >= 15 is 0 Å². The fourth-order valence-electron chi connectivity index (χ4n) is 2.41. The van der Waals surface area contributed by atoms with Crippen LogP contribution >= 0.6 is 15.9 Å². The van der Waals surface area contributed by atoms with Crippen molar-refractivity contribution < 1.29 is 14.6 Å². The molecule has 1 aliphatic rings. The van der Waals surface area contributed by atoms with E-state index in [9.17, 15) is 9.90 Å². The number of carbonyl (C=O) groups excluding carboxylic acids is 1. The van der Waals surface area contributed by atoms with Crippen molar-refractivity contribution >= 4 is 27.5 Å². The molecule has 0 saturated carbocycles. The summed E-state index contributed by atoms with van der Waals surface area (Å²) in [5.41, 5.74) is 5.82. The van der Waals surface area contributed by atoms with E-state index in [1.165, 1.54) is 12.1 Å². The van der Waals surface area contributed by atoms with Crippen LogP contribution in [-0.2, 0) is 10.3 Å². The second-order valence-corrected chi connectivity index (χ2v) is 5.70. The molecule has 0 fully saturated rings. The van der Waals surface area contributed by atoms with Crippen LogP contribution in [0.3, 0.4) is 0 Å². The lowest BCUT2D eigenvalue weighted by molar-refractivity contribution is -0.122. The van der Waals surface area contributed by atoms with Crippen molar-refractivity contribution in [2.24, 2.45) is 5.73 Å². The number of phenolic OH excluding ortho intramolecular Hbond substituents is 1. The molecule has 1 unspecified atom stereocenters. The number of ether oxygens (including phenoxy) is 1. The Morgan fingerprint density at radius 1 is 1.33 bits per heavy atom. The zero-order valence-corrected chi connectivity index (χ0v) is 12.6. The first-order valence-electron chi connectivity index (χ1n) is 6.32. The number of nitrogens with two attached hydrogens (primary N) is 1. The molecule has 0 aromatic heterocycles. The molecule has 6 heteroatoms. The number of hydrogen-bond acceptors (Lipinski definition) is 4. The molecule has 5 nitrogen and oxygen atoms in total. The highest BCUT2D eigenvalue weighted by Gasteiger charge is 2.46. The van der Waals surface area contributed by atoms with Gasteiger partial charge in [0.25, 0.3) is 5.91 Å². The molecule has 1 aliphatic heterocycles. The van der Waals surface area contributed by atoms with Crippen LogP contribution in [0.5, 0.6) is 11.5 Å². The van der Waals surface area contributed by atoms with E-state index in [1.807, 2.05) is 24.3 Å². The third kappa shape index (κ3) is 2.21. The van der Waals surface area contributed by atoms with Crippen LogP contribution in [0.4, 0.5) is 5.69 Å². The van der Waals surface area contributed by atoms with Crippen LogP contribution in [0.2, 0.25) is 0 Å². The first-order valence-corrected chi connectivity index (χ1v) is 7.11. The molecule has 0 spiro atoms. The fourth-order valence-corrected chi connectivity index (χ4v) is 2.79. The van der Waals surface area contributed by atoms with E-state index < -0.39 is 11.4 Å². The number of nitrogens with one attached hydrogen (secondary N) is 1. The van der Waals surface area contributed by atoms with Crippen molar-refractivity contribution in [2.75, 3.05) is 11.9 Å². The highest BCUT2D eigenvalue weighted by Crippen LogP contribution is 2.42. The normalized spacial score (nSPS) is 19.7. The summed E-state index contributed by atoms with van der Waals surface area (Å²) in [6, 6.07) is 12.1. The summed E-state index contributed by atoms with van der Waals surface area (Å²) in [6.07, 6.45) is 0. The molecular weight excluding hydrogens is 336 g/mol. The Hall–Kier alpha value is -2.21. The van der Waals surface area contributed by atoms with Gasteiger partial charge in [0.15, 0.2) is 5.54 Å². The van der Waals surface area contributed by atoms with Gasteiger partial charge in [-0.25, -0.2) is 0 Å². The Labute approximate surface area is 129 Å². The van der Waals surface area contributed by atoms with Crippen molar-refractivity contribution in [1.29, 1.82) is 0 Å². The molecule has 0 saturated heterocycles. The van der Waals surface area contributed by atoms with Crippen molar-refractivity contribution in [3.05, 3.63) is 52.5 Å². The van der Waals surface area contributed by atoms with Crippen LogP contribution in [-0.4, -0.2) is 17.6 Å². The summed E-state index contributed by atoms with van der Waals surface area (Å²) in [7, 11) is 0. The van der Waals surface area contributed by atoms with Gasteiger partial charge in [-0.3, -0.25) is 4.79 Å². The Morgan fingerprint density at radius 2 is 2.10 bits per heavy atom. The summed E-state index contributed by atoms with van der Waals surface area (Å²) in [5.74, 6) is -0.00837. The maximum Gasteiger partial charge on any atom is 0.251 e. The average Bonchev–Trinajstić information content (AvgIpc) is 2.81. The minimum Gasteiger partial charge on any atom is -0.508 e. The Kier molecular flexibility index (Phi) is 3.25. The molecule has 0 radical (unpaired) electrons. The Balaban J connectivity index is 2.08. The average molecular weight is 349 g/mol. The van der Waals surface area contributed by atoms with Crippen molar-refractivity contribution in [2.45, 2.75) is 5.54 Å². The van der Waals surface area contributed by atoms with Gasteiger partial charge in [-0.05, 0) is 40.2 Å². The molecule has 2 aromatic carbocycles. The van der Waals surface area contributed by atoms with Gasteiger partial charge in [-0.15, -0.1) is 0 Å². The fraction of sp³-hybridized carbons (Fsp3) is 0.133. The van der Waals surface area contributed by atoms with Crippen molar-refractivity contribution in [3.8, 4) is 11.5 Å². The number of hydrogen-bond donors (Lipinski definition) is 3. The van der Waals surface area contributed by atoms with Gasteiger partial charge in [-0.2, -0.15) is 0 Å². The summed E-state index contributed by atoms with van der Waals surface area (Å²) in [5, 5.41) is 12.7. The second kappa shape index (κ2) is 4.96. The Bertz CT molecular complexity index is 720. The maximum absolute atomic E-state index is 12.1. The number of amides is 1. The third-order valence-electron chi connectivity index (χ3n) is 3.51. The van der Waals surface area contributed by atoms with Gasteiger partial charge < -0.3 is 20.9 Å². The van der Waals surface area contributed by atoms with Crippen LogP contribution in [0, 0.1) is 0 Å². The molecule has 2 aromatic rings. The van der Waals surface area contributed by atoms with E-state index in [0.717, 1.165) is 10.2 Å². The van der Waals surface area contributed by atoms with Crippen LogP contribution in [0.15, 0.2) is 46.9 Å². The highest BCUT2D eigenvalue weighted by atomic mass is 79.9. The molecule has 0 bridgehead atoms. The van der Waals surface area contributed by atoms with Gasteiger partial charge in [0.2, 0.25) is 0 Å². The van der Waals surface area contributed by atoms with Crippen LogP contribution in [0.25, 0.3) is 0 Å². The van der Waals surface area contributed by atoms with Gasteiger partial charge in [0.05, 0.1) is 0 Å². The SMILES string of the molecule is NC(=O)C1(Nc2ccccc2Br)COc2cc(O)ccc21. The topological polar surface area (TPSA) is 84.6 Å². The summed E-state index contributed by atoms with van der Waals surface area (Å²) in [4.78, 5) is 12.1. The van der Waals surface area contributed by atoms with E-state index in [0.29, 0.717) is 11.3 Å². The highest BCUT2D eigenvalue weighted by molar-refractivity contribution is 9.10. The zero-order chi connectivity index (χ0) is 15.0. The molecule has 1 heterocycles. The number of anilines is 1. The number of phenols is 1. The summed E-state index contributed by atoms with van der Waals surface area (Å²) in [6.45, 7) is 0.0719. The Morgan fingerprint density at radius 3 is 2.81 bits per heavy atom. The maximum atomic E-state index is 12.1. The standard InChI is InChI=1S/C15H13BrN2O3/c16-11-3-1-2-4-12(11)18-15(14(17)20)8-21-13-7-9(19)5-6-10(13)15/h1-7,18-19H,8H2,(H2,17,20). The number of carbonyl (C=O) groups is 1. The number of rotatable bonds is 3. The molecule has 108 valence electrons. The van der Waals surface area contributed by atoms with Gasteiger partial charge in [-0.1, -0.05) is 12.1 Å². The first kappa shape index (κ1) is 13.8. The van der Waals surface area contributed by atoms with E-state index in [2.05, 4.69) is 21.2 Å². The minimum absolute atomic E-state index is 0.0719. The van der Waals surface area contributed by atoms with Gasteiger partial charge in [0.1, 0.15) is 18.1 Å². The molecule has 0 aliphatic carbocycles. The van der Waals surface area contributed by atoms with Crippen LogP contribution in [0.1, 0.15) is 5.56 Å². The van der Waals surface area contributed by atoms with Crippen molar-refractivity contribution in [3.63, 3.8) is 0 Å². The molecule has 4 N–H and O–H groups in total. The van der Waals surface area contributed by atoms with E-state index in [1.54, 1.807) is 6.07 Å². The summed E-state index contributed by atoms with van der Waals surface area (Å²) >= 11 is 3.43. The monoisotopic (exact) mass is 348 g/mol. The number of para-hydroxylation sites is 1. The molecule has 21 heavy (non-hydrogen) atoms. The number of aromatic hydroxyl groups is 1. The number of primary amides is 1. The van der Waals surface area contributed by atoms with E-state index in [-0.39, 0.29) is 12.4 Å². The zero-order valence-electron chi connectivity index (χ0n) is 11.0. The first-order chi connectivity index (χ1) is 10.0. The molecule has 1 atom stereocenters. The second-order valence-electron chi connectivity index (χ2n) is 4.84. The van der Waals surface area contributed by atoms with Crippen molar-refractivity contribution in [1.82, 2.24) is 0 Å². The summed E-state index contributed by atoms with van der Waals surface area (Å²) < 4.78 is 6.35. The smallest absolute Gasteiger partial charge is 0.251 e. The number of fused-ring (bicyclic) bond motifs is 1. The predicted octanol–water partition coefficient (Wildman–Crippen LogP) is 2.34. The number of benzene rings is 2. The van der Waals surface area contributed by atoms with E-state index in [4.69, 9.17) is 10.5 Å². The third-order valence-corrected chi connectivity index (χ3v) is 4.20. The lowest BCUT2D eigenvalue weighted by Crippen LogP contribution is -2.49. The van der Waals surface area contributed by atoms with Gasteiger partial charge >= 0.3 is 0 Å². The minimum atomic E-state index is -1.16. The van der Waals surface area contributed by atoms with Gasteiger partial charge in [0, 0.05) is 21.8 Å². The number of halogens is 1. The van der Waals surface area contributed by atoms with Crippen LogP contribution < -0.4 is 15.8 Å². The quantitative estimate of drug-likeness (QED) is 0.794. The molecule has 3 rings (SSSR count). The lowest BCUT2D eigenvalue weighted by atomic mass is 9.90. The predicted molar refractivity (Wildman–Crippen MR) is 82.2 cm³/mol. The molecule has 1 amide bonds.